The molecule has 4 heteroatoms. The average Bonchev–Trinajstić information content (AvgIpc) is 2.89. The number of hydrogen-bond donors (Lipinski definition) is 2. The van der Waals surface area contributed by atoms with Gasteiger partial charge < -0.3 is 10.4 Å². The molecular formula is C15H14N2OS. The lowest BCUT2D eigenvalue weighted by atomic mass is 10.1. The van der Waals surface area contributed by atoms with Crippen molar-refractivity contribution in [3.8, 4) is 0 Å². The van der Waals surface area contributed by atoms with E-state index in [9.17, 15) is 0 Å². The molecule has 0 fully saturated rings. The maximum Gasteiger partial charge on any atom is 0.117 e. The first-order valence-electron chi connectivity index (χ1n) is 6.14. The molecule has 1 heterocycles. The van der Waals surface area contributed by atoms with Crippen LogP contribution < -0.4 is 5.32 Å². The van der Waals surface area contributed by atoms with Crippen LogP contribution in [0.1, 0.15) is 11.1 Å². The van der Waals surface area contributed by atoms with Gasteiger partial charge in [0.25, 0.3) is 0 Å². The fourth-order valence-electron chi connectivity index (χ4n) is 1.96. The van der Waals surface area contributed by atoms with Gasteiger partial charge in [0, 0.05) is 11.9 Å². The van der Waals surface area contributed by atoms with Crippen molar-refractivity contribution in [1.82, 2.24) is 4.37 Å². The predicted molar refractivity (Wildman–Crippen MR) is 79.3 cm³/mol. The zero-order valence-corrected chi connectivity index (χ0v) is 11.2. The van der Waals surface area contributed by atoms with E-state index < -0.39 is 0 Å². The van der Waals surface area contributed by atoms with Gasteiger partial charge >= 0.3 is 0 Å². The summed E-state index contributed by atoms with van der Waals surface area (Å²) < 4.78 is 4.40. The minimum Gasteiger partial charge on any atom is -0.392 e. The van der Waals surface area contributed by atoms with E-state index in [1.165, 1.54) is 22.5 Å². The monoisotopic (exact) mass is 270 g/mol. The van der Waals surface area contributed by atoms with Crippen LogP contribution in [0.4, 0.5) is 5.00 Å². The number of rotatable bonds is 4. The van der Waals surface area contributed by atoms with E-state index in [4.69, 9.17) is 5.11 Å². The molecule has 0 aliphatic rings. The maximum atomic E-state index is 9.00. The lowest BCUT2D eigenvalue weighted by Crippen LogP contribution is -1.98. The highest BCUT2D eigenvalue weighted by atomic mass is 32.1. The lowest BCUT2D eigenvalue weighted by Gasteiger charge is -2.05. The third-order valence-corrected chi connectivity index (χ3v) is 3.88. The molecule has 0 unspecified atom stereocenters. The molecular weight excluding hydrogens is 256 g/mol. The molecule has 19 heavy (non-hydrogen) atoms. The molecule has 1 aromatic heterocycles. The smallest absolute Gasteiger partial charge is 0.117 e. The molecule has 0 amide bonds. The summed E-state index contributed by atoms with van der Waals surface area (Å²) in [5.41, 5.74) is 3.16. The fourth-order valence-corrected chi connectivity index (χ4v) is 2.72. The predicted octanol–water partition coefficient (Wildman–Crippen LogP) is 3.40. The van der Waals surface area contributed by atoms with Gasteiger partial charge in [-0.1, -0.05) is 36.4 Å². The highest BCUT2D eigenvalue weighted by Gasteiger charge is 2.04. The minimum absolute atomic E-state index is 0.0905. The number of aromatic nitrogens is 1. The Kier molecular flexibility index (Phi) is 3.44. The van der Waals surface area contributed by atoms with Crippen LogP contribution in [0, 0.1) is 0 Å². The van der Waals surface area contributed by atoms with E-state index in [0.29, 0.717) is 0 Å². The Morgan fingerprint density at radius 2 is 1.74 bits per heavy atom. The Bertz CT molecular complexity index is 676. The van der Waals surface area contributed by atoms with Gasteiger partial charge in [0.15, 0.2) is 0 Å². The first-order valence-corrected chi connectivity index (χ1v) is 6.91. The molecule has 0 saturated heterocycles. The largest absolute Gasteiger partial charge is 0.392 e. The summed E-state index contributed by atoms with van der Waals surface area (Å²) in [7, 11) is 0. The Hall–Kier alpha value is -1.91. The molecule has 2 N–H and O–H groups in total. The molecule has 0 saturated carbocycles. The summed E-state index contributed by atoms with van der Waals surface area (Å²) in [5, 5.41) is 14.7. The van der Waals surface area contributed by atoms with Crippen LogP contribution in [0.3, 0.4) is 0 Å². The van der Waals surface area contributed by atoms with Crippen LogP contribution in [0.2, 0.25) is 0 Å². The van der Waals surface area contributed by atoms with Crippen molar-refractivity contribution in [3.63, 3.8) is 0 Å². The third kappa shape index (κ3) is 2.59. The summed E-state index contributed by atoms with van der Waals surface area (Å²) >= 11 is 1.49. The van der Waals surface area contributed by atoms with Crippen LogP contribution in [-0.2, 0) is 13.2 Å². The van der Waals surface area contributed by atoms with Crippen molar-refractivity contribution in [2.45, 2.75) is 13.2 Å². The van der Waals surface area contributed by atoms with Gasteiger partial charge in [-0.15, -0.1) is 0 Å². The fraction of sp³-hybridized carbons (Fsp3) is 0.133. The van der Waals surface area contributed by atoms with E-state index in [1.54, 1.807) is 0 Å². The Morgan fingerprint density at radius 1 is 1.00 bits per heavy atom. The summed E-state index contributed by atoms with van der Waals surface area (Å²) in [6.07, 6.45) is 0. The second kappa shape index (κ2) is 5.38. The van der Waals surface area contributed by atoms with Crippen molar-refractivity contribution in [2.75, 3.05) is 5.32 Å². The maximum absolute atomic E-state index is 9.00. The SMILES string of the molecule is OCc1ccc(CNc2snc3ccccc23)cc1. The van der Waals surface area contributed by atoms with Crippen molar-refractivity contribution in [2.24, 2.45) is 0 Å². The molecule has 2 aromatic carbocycles. The second-order valence-electron chi connectivity index (χ2n) is 4.36. The summed E-state index contributed by atoms with van der Waals surface area (Å²) in [6.45, 7) is 0.852. The summed E-state index contributed by atoms with van der Waals surface area (Å²) in [6, 6.07) is 16.1. The molecule has 0 spiro atoms. The van der Waals surface area contributed by atoms with E-state index in [0.717, 1.165) is 22.6 Å². The Labute approximate surface area is 115 Å². The number of nitrogens with zero attached hydrogens (tertiary/aromatic N) is 1. The van der Waals surface area contributed by atoms with Gasteiger partial charge in [-0.05, 0) is 34.8 Å². The first kappa shape index (κ1) is 12.1. The highest BCUT2D eigenvalue weighted by molar-refractivity contribution is 7.11. The van der Waals surface area contributed by atoms with E-state index in [-0.39, 0.29) is 6.61 Å². The topological polar surface area (TPSA) is 45.1 Å². The molecule has 0 aliphatic heterocycles. The number of fused-ring (bicyclic) bond motifs is 1. The molecule has 0 radical (unpaired) electrons. The molecule has 0 aliphatic carbocycles. The third-order valence-electron chi connectivity index (χ3n) is 3.04. The minimum atomic E-state index is 0.0905. The standard InChI is InChI=1S/C15H14N2OS/c18-10-12-7-5-11(6-8-12)9-16-15-13-3-1-2-4-14(13)17-19-15/h1-8,16,18H,9-10H2. The van der Waals surface area contributed by atoms with Gasteiger partial charge in [-0.2, -0.15) is 4.37 Å². The van der Waals surface area contributed by atoms with E-state index in [1.807, 2.05) is 42.5 Å². The quantitative estimate of drug-likeness (QED) is 0.763. The molecule has 3 rings (SSSR count). The number of hydrogen-bond acceptors (Lipinski definition) is 4. The lowest BCUT2D eigenvalue weighted by molar-refractivity contribution is 0.282. The van der Waals surface area contributed by atoms with Crippen LogP contribution in [0.15, 0.2) is 48.5 Å². The van der Waals surface area contributed by atoms with Gasteiger partial charge in [-0.3, -0.25) is 0 Å². The molecule has 3 nitrogen and oxygen atoms in total. The molecule has 0 bridgehead atoms. The van der Waals surface area contributed by atoms with Gasteiger partial charge in [0.2, 0.25) is 0 Å². The van der Waals surface area contributed by atoms with Crippen LogP contribution in [-0.4, -0.2) is 9.48 Å². The van der Waals surface area contributed by atoms with Crippen LogP contribution in [0.25, 0.3) is 10.9 Å². The van der Waals surface area contributed by atoms with Crippen molar-refractivity contribution >= 4 is 27.4 Å². The zero-order valence-electron chi connectivity index (χ0n) is 10.3. The summed E-state index contributed by atoms with van der Waals surface area (Å²) in [4.78, 5) is 0. The number of benzene rings is 2. The van der Waals surface area contributed by atoms with E-state index >= 15 is 0 Å². The number of aliphatic hydroxyl groups excluding tert-OH is 1. The molecule has 0 atom stereocenters. The van der Waals surface area contributed by atoms with Gasteiger partial charge in [-0.25, -0.2) is 0 Å². The molecule has 3 aromatic rings. The van der Waals surface area contributed by atoms with Crippen molar-refractivity contribution in [1.29, 1.82) is 0 Å². The van der Waals surface area contributed by atoms with Gasteiger partial charge in [0.05, 0.1) is 12.1 Å². The Morgan fingerprint density at radius 3 is 2.53 bits per heavy atom. The zero-order chi connectivity index (χ0) is 13.1. The second-order valence-corrected chi connectivity index (χ2v) is 5.13. The number of aliphatic hydroxyl groups is 1. The Balaban J connectivity index is 1.74. The average molecular weight is 270 g/mol. The number of anilines is 1. The normalized spacial score (nSPS) is 10.8. The van der Waals surface area contributed by atoms with E-state index in [2.05, 4.69) is 15.8 Å². The van der Waals surface area contributed by atoms with Gasteiger partial charge in [0.1, 0.15) is 5.00 Å². The van der Waals surface area contributed by atoms with Crippen LogP contribution >= 0.6 is 11.5 Å². The van der Waals surface area contributed by atoms with Crippen LogP contribution in [0.5, 0.6) is 0 Å². The number of nitrogens with one attached hydrogen (secondary N) is 1. The van der Waals surface area contributed by atoms with Crippen molar-refractivity contribution in [3.05, 3.63) is 59.7 Å². The first-order chi connectivity index (χ1) is 9.36. The van der Waals surface area contributed by atoms with Crippen molar-refractivity contribution < 1.29 is 5.11 Å². The molecule has 96 valence electrons. The summed E-state index contributed by atoms with van der Waals surface area (Å²) in [5.74, 6) is 0. The highest BCUT2D eigenvalue weighted by Crippen LogP contribution is 2.27.